The van der Waals surface area contributed by atoms with E-state index in [0.717, 1.165) is 31.6 Å². The molecule has 6 nitrogen and oxygen atoms in total. The van der Waals surface area contributed by atoms with Crippen molar-refractivity contribution in [2.75, 3.05) is 36.9 Å². The molecule has 1 saturated heterocycles. The quantitative estimate of drug-likeness (QED) is 0.839. The highest BCUT2D eigenvalue weighted by Crippen LogP contribution is 2.27. The first-order valence-corrected chi connectivity index (χ1v) is 10.1. The topological polar surface area (TPSA) is 67.9 Å². The molecule has 2 aromatic rings. The molecule has 0 bridgehead atoms. The zero-order chi connectivity index (χ0) is 18.6. The van der Waals surface area contributed by atoms with Crippen LogP contribution in [0.2, 0.25) is 0 Å². The van der Waals surface area contributed by atoms with Crippen LogP contribution in [0.1, 0.15) is 12.8 Å². The first-order valence-electron chi connectivity index (χ1n) is 8.57. The van der Waals surface area contributed by atoms with E-state index >= 15 is 0 Å². The summed E-state index contributed by atoms with van der Waals surface area (Å²) in [6, 6.07) is 14.0. The highest BCUT2D eigenvalue weighted by molar-refractivity contribution is 7.92. The minimum atomic E-state index is -3.72. The van der Waals surface area contributed by atoms with Crippen LogP contribution in [-0.2, 0) is 14.8 Å². The van der Waals surface area contributed by atoms with E-state index < -0.39 is 10.0 Å². The average molecular weight is 376 g/mol. The molecule has 0 aliphatic carbocycles. The molecule has 0 saturated carbocycles. The van der Waals surface area contributed by atoms with Gasteiger partial charge in [-0.3, -0.25) is 4.72 Å². The van der Waals surface area contributed by atoms with Crippen LogP contribution < -0.4 is 14.4 Å². The van der Waals surface area contributed by atoms with Crippen molar-refractivity contribution >= 4 is 21.4 Å². The molecule has 1 fully saturated rings. The van der Waals surface area contributed by atoms with E-state index in [-0.39, 0.29) is 11.0 Å². The summed E-state index contributed by atoms with van der Waals surface area (Å²) in [5.74, 6) is 0.315. The maximum atomic E-state index is 12.6. The predicted molar refractivity (Wildman–Crippen MR) is 102 cm³/mol. The molecule has 26 heavy (non-hydrogen) atoms. The summed E-state index contributed by atoms with van der Waals surface area (Å²) in [7, 11) is -0.522. The van der Waals surface area contributed by atoms with E-state index in [2.05, 4.69) is 9.62 Å². The van der Waals surface area contributed by atoms with Gasteiger partial charge in [-0.25, -0.2) is 8.42 Å². The third-order valence-corrected chi connectivity index (χ3v) is 5.98. The number of anilines is 2. The lowest BCUT2D eigenvalue weighted by Crippen LogP contribution is -2.39. The second kappa shape index (κ2) is 7.97. The second-order valence-corrected chi connectivity index (χ2v) is 7.90. The van der Waals surface area contributed by atoms with Crippen molar-refractivity contribution < 1.29 is 17.9 Å². The van der Waals surface area contributed by atoms with E-state index in [1.54, 1.807) is 37.4 Å². The molecule has 3 rings (SSSR count). The number of benzene rings is 2. The standard InChI is InChI=1S/C19H24N2O4S/c1-24-17-6-5-13-21(14-17)16-11-9-15(10-12-16)20-26(22,23)19-8-4-3-7-18(19)25-2/h3-4,7-12,17,20H,5-6,13-14H2,1-2H3. The Labute approximate surface area is 154 Å². The van der Waals surface area contributed by atoms with Crippen LogP contribution in [-0.4, -0.2) is 41.8 Å². The number of rotatable bonds is 6. The van der Waals surface area contributed by atoms with Crippen molar-refractivity contribution in [1.82, 2.24) is 0 Å². The Morgan fingerprint density at radius 3 is 2.50 bits per heavy atom. The Bertz CT molecular complexity index is 837. The van der Waals surface area contributed by atoms with Crippen LogP contribution in [0.5, 0.6) is 5.75 Å². The van der Waals surface area contributed by atoms with Crippen molar-refractivity contribution in [3.8, 4) is 5.75 Å². The van der Waals surface area contributed by atoms with E-state index in [4.69, 9.17) is 9.47 Å². The summed E-state index contributed by atoms with van der Waals surface area (Å²) < 4.78 is 38.5. The number of hydrogen-bond acceptors (Lipinski definition) is 5. The summed E-state index contributed by atoms with van der Waals surface area (Å²) in [6.45, 7) is 1.83. The number of hydrogen-bond donors (Lipinski definition) is 1. The van der Waals surface area contributed by atoms with Crippen molar-refractivity contribution in [1.29, 1.82) is 0 Å². The lowest BCUT2D eigenvalue weighted by molar-refractivity contribution is 0.0893. The first kappa shape index (κ1) is 18.5. The van der Waals surface area contributed by atoms with Gasteiger partial charge >= 0.3 is 0 Å². The lowest BCUT2D eigenvalue weighted by Gasteiger charge is -2.33. The lowest BCUT2D eigenvalue weighted by atomic mass is 10.1. The molecule has 1 aliphatic heterocycles. The number of ether oxygens (including phenoxy) is 2. The zero-order valence-electron chi connectivity index (χ0n) is 15.0. The molecule has 1 heterocycles. The summed E-state index contributed by atoms with van der Waals surface area (Å²) in [5, 5.41) is 0. The van der Waals surface area contributed by atoms with Gasteiger partial charge in [0.15, 0.2) is 0 Å². The van der Waals surface area contributed by atoms with Crippen molar-refractivity contribution in [2.24, 2.45) is 0 Å². The van der Waals surface area contributed by atoms with Crippen LogP contribution in [0.4, 0.5) is 11.4 Å². The number of sulfonamides is 1. The first-order chi connectivity index (χ1) is 12.5. The number of nitrogens with one attached hydrogen (secondary N) is 1. The average Bonchev–Trinajstić information content (AvgIpc) is 2.68. The molecule has 1 unspecified atom stereocenters. The Balaban J connectivity index is 1.75. The summed E-state index contributed by atoms with van der Waals surface area (Å²) in [4.78, 5) is 2.38. The predicted octanol–water partition coefficient (Wildman–Crippen LogP) is 3.11. The van der Waals surface area contributed by atoms with Gasteiger partial charge in [0.25, 0.3) is 10.0 Å². The molecule has 0 aromatic heterocycles. The number of methoxy groups -OCH3 is 2. The monoisotopic (exact) mass is 376 g/mol. The van der Waals surface area contributed by atoms with Crippen LogP contribution in [0, 0.1) is 0 Å². The maximum Gasteiger partial charge on any atom is 0.265 e. The smallest absolute Gasteiger partial charge is 0.265 e. The number of para-hydroxylation sites is 1. The molecule has 2 aromatic carbocycles. The summed E-state index contributed by atoms with van der Waals surface area (Å²) >= 11 is 0. The largest absolute Gasteiger partial charge is 0.495 e. The van der Waals surface area contributed by atoms with Gasteiger partial charge in [-0.1, -0.05) is 12.1 Å². The van der Waals surface area contributed by atoms with Crippen molar-refractivity contribution in [3.63, 3.8) is 0 Å². The van der Waals surface area contributed by atoms with E-state index in [9.17, 15) is 8.42 Å². The normalized spacial score (nSPS) is 17.8. The van der Waals surface area contributed by atoms with Gasteiger partial charge in [0.2, 0.25) is 0 Å². The minimum absolute atomic E-state index is 0.116. The van der Waals surface area contributed by atoms with Gasteiger partial charge in [0.1, 0.15) is 10.6 Å². The van der Waals surface area contributed by atoms with Gasteiger partial charge in [-0.15, -0.1) is 0 Å². The van der Waals surface area contributed by atoms with Gasteiger partial charge in [-0.2, -0.15) is 0 Å². The molecule has 1 aliphatic rings. The Hall–Kier alpha value is -2.25. The molecule has 140 valence electrons. The number of nitrogens with zero attached hydrogens (tertiary/aromatic N) is 1. The Morgan fingerprint density at radius 1 is 1.08 bits per heavy atom. The van der Waals surface area contributed by atoms with Crippen molar-refractivity contribution in [3.05, 3.63) is 48.5 Å². The zero-order valence-corrected chi connectivity index (χ0v) is 15.8. The van der Waals surface area contributed by atoms with Gasteiger partial charge in [-0.05, 0) is 49.2 Å². The van der Waals surface area contributed by atoms with Gasteiger partial charge in [0, 0.05) is 31.6 Å². The Morgan fingerprint density at radius 2 is 1.81 bits per heavy atom. The summed E-state index contributed by atoms with van der Waals surface area (Å²) in [5.41, 5.74) is 1.58. The third-order valence-electron chi connectivity index (χ3n) is 4.55. The fourth-order valence-electron chi connectivity index (χ4n) is 3.16. The van der Waals surface area contributed by atoms with E-state index in [1.807, 2.05) is 12.1 Å². The van der Waals surface area contributed by atoms with Gasteiger partial charge < -0.3 is 14.4 Å². The molecule has 0 spiro atoms. The molecule has 0 amide bonds. The SMILES string of the molecule is COc1ccccc1S(=O)(=O)Nc1ccc(N2CCCC(OC)C2)cc1. The molecule has 0 radical (unpaired) electrons. The third kappa shape index (κ3) is 4.11. The summed E-state index contributed by atoms with van der Waals surface area (Å²) in [6.07, 6.45) is 2.40. The number of piperidine rings is 1. The fourth-order valence-corrected chi connectivity index (χ4v) is 4.39. The van der Waals surface area contributed by atoms with Crippen LogP contribution in [0.3, 0.4) is 0 Å². The fraction of sp³-hybridized carbons (Fsp3) is 0.368. The van der Waals surface area contributed by atoms with Gasteiger partial charge in [0.05, 0.1) is 13.2 Å². The Kier molecular flexibility index (Phi) is 5.68. The second-order valence-electron chi connectivity index (χ2n) is 6.25. The van der Waals surface area contributed by atoms with Crippen LogP contribution >= 0.6 is 0 Å². The molecular formula is C19H24N2O4S. The highest BCUT2D eigenvalue weighted by atomic mass is 32.2. The van der Waals surface area contributed by atoms with Crippen LogP contribution in [0.25, 0.3) is 0 Å². The molecule has 1 atom stereocenters. The molecular weight excluding hydrogens is 352 g/mol. The molecule has 1 N–H and O–H groups in total. The highest BCUT2D eigenvalue weighted by Gasteiger charge is 2.21. The van der Waals surface area contributed by atoms with E-state index in [1.165, 1.54) is 13.2 Å². The van der Waals surface area contributed by atoms with Crippen LogP contribution in [0.15, 0.2) is 53.4 Å². The van der Waals surface area contributed by atoms with E-state index in [0.29, 0.717) is 11.4 Å². The van der Waals surface area contributed by atoms with Crippen molar-refractivity contribution in [2.45, 2.75) is 23.8 Å². The molecule has 7 heteroatoms. The minimum Gasteiger partial charge on any atom is -0.495 e. The maximum absolute atomic E-state index is 12.6.